The fraction of sp³-hybridized carbons (Fsp3) is 0.238. The number of morpholine rings is 1. The zero-order valence-electron chi connectivity index (χ0n) is 43.1. The van der Waals surface area contributed by atoms with Crippen LogP contribution in [0.1, 0.15) is 70.1 Å². The van der Waals surface area contributed by atoms with Crippen LogP contribution >= 0.6 is 0 Å². The number of hydrogen-bond donors (Lipinski definition) is 2. The standard InChI is InChI=1S/C63H54N8O8/c1-40(43-15-5-2-6-16-43)64-62(76)70-50-29-23-41(14-13-31-69-51-22-12-11-21-49(51)65-66-69)36-48(50)63(61(70)75)54(59(73)68-34-32-67(33-35-68)38-42-24-30-52-53(37-42)78-39-77-52)56-60(74)79-57(45-19-9-4-10-20-45)55(44-17-7-3-8-18-44)71(56)58(63)46-25-27-47(72)28-26-46/h2-12,15-30,36-37,40,54-58,72H,31-35,38-39H2,1H3,(H,64,76)/t40-,54+,55+,56+,57-,58-,63+/m1/s1. The predicted molar refractivity (Wildman–Crippen MR) is 292 cm³/mol. The van der Waals surface area contributed by atoms with Crippen LogP contribution in [0, 0.1) is 17.8 Å². The molecule has 0 saturated carbocycles. The van der Waals surface area contributed by atoms with Gasteiger partial charge in [0, 0.05) is 38.3 Å². The lowest BCUT2D eigenvalue weighted by Gasteiger charge is -2.46. The van der Waals surface area contributed by atoms with Gasteiger partial charge in [-0.3, -0.25) is 24.2 Å². The Hall–Kier alpha value is -9.30. The number of amides is 4. The number of phenols is 1. The second-order valence-electron chi connectivity index (χ2n) is 20.6. The number of benzene rings is 7. The van der Waals surface area contributed by atoms with Crippen LogP contribution in [0.15, 0.2) is 176 Å². The molecule has 6 heterocycles. The summed E-state index contributed by atoms with van der Waals surface area (Å²) in [6.45, 7) is 4.31. The fourth-order valence-electron chi connectivity index (χ4n) is 12.6. The van der Waals surface area contributed by atoms with E-state index in [9.17, 15) is 5.11 Å². The number of aromatic nitrogens is 3. The van der Waals surface area contributed by atoms with Gasteiger partial charge in [0.15, 0.2) is 11.5 Å². The van der Waals surface area contributed by atoms with Gasteiger partial charge in [-0.2, -0.15) is 0 Å². The topological polar surface area (TPSA) is 172 Å². The molecule has 0 radical (unpaired) electrons. The Morgan fingerprint density at radius 2 is 1.44 bits per heavy atom. The number of ether oxygens (including phenoxy) is 3. The van der Waals surface area contributed by atoms with Gasteiger partial charge in [0.2, 0.25) is 18.6 Å². The van der Waals surface area contributed by atoms with Crippen LogP contribution in [0.4, 0.5) is 10.5 Å². The van der Waals surface area contributed by atoms with Crippen molar-refractivity contribution in [3.8, 4) is 29.1 Å². The van der Waals surface area contributed by atoms with Crippen LogP contribution in [-0.2, 0) is 37.6 Å². The van der Waals surface area contributed by atoms with Gasteiger partial charge in [-0.15, -0.1) is 5.10 Å². The zero-order valence-corrected chi connectivity index (χ0v) is 43.1. The highest BCUT2D eigenvalue weighted by atomic mass is 16.7. The summed E-state index contributed by atoms with van der Waals surface area (Å²) in [6.07, 6.45) is -0.912. The highest BCUT2D eigenvalue weighted by molar-refractivity contribution is 6.24. The summed E-state index contributed by atoms with van der Waals surface area (Å²) in [6, 6.07) is 49.4. The van der Waals surface area contributed by atoms with E-state index in [1.54, 1.807) is 52.0 Å². The number of carbonyl (C=O) groups excluding carboxylic acids is 4. The van der Waals surface area contributed by atoms with E-state index in [1.807, 2.05) is 145 Å². The van der Waals surface area contributed by atoms with Gasteiger partial charge in [-0.25, -0.2) is 14.4 Å². The third-order valence-electron chi connectivity index (χ3n) is 16.2. The Morgan fingerprint density at radius 1 is 0.747 bits per heavy atom. The first-order valence-corrected chi connectivity index (χ1v) is 26.5. The first-order valence-electron chi connectivity index (χ1n) is 26.5. The van der Waals surface area contributed by atoms with E-state index >= 15 is 19.2 Å². The Bertz CT molecular complexity index is 3710. The molecule has 7 aromatic carbocycles. The van der Waals surface area contributed by atoms with Crippen molar-refractivity contribution in [1.29, 1.82) is 0 Å². The maximum atomic E-state index is 17.0. The monoisotopic (exact) mass is 1050 g/mol. The molecule has 8 aromatic rings. The molecule has 4 amide bonds. The fourth-order valence-corrected chi connectivity index (χ4v) is 12.6. The summed E-state index contributed by atoms with van der Waals surface area (Å²) < 4.78 is 19.7. The molecule has 5 aliphatic rings. The van der Waals surface area contributed by atoms with Crippen LogP contribution < -0.4 is 19.7 Å². The Balaban J connectivity index is 0.996. The summed E-state index contributed by atoms with van der Waals surface area (Å²) >= 11 is 0. The van der Waals surface area contributed by atoms with Crippen molar-refractivity contribution in [1.82, 2.24) is 35.0 Å². The predicted octanol–water partition coefficient (Wildman–Crippen LogP) is 8.40. The molecular formula is C63H54N8O8. The largest absolute Gasteiger partial charge is 0.508 e. The van der Waals surface area contributed by atoms with Gasteiger partial charge in [0.1, 0.15) is 35.4 Å². The zero-order chi connectivity index (χ0) is 53.8. The maximum absolute atomic E-state index is 17.0. The molecule has 394 valence electrons. The second kappa shape index (κ2) is 20.2. The van der Waals surface area contributed by atoms with E-state index < -0.39 is 65.4 Å². The van der Waals surface area contributed by atoms with Gasteiger partial charge in [-0.05, 0) is 94.9 Å². The molecule has 16 heteroatoms. The van der Waals surface area contributed by atoms with Gasteiger partial charge >= 0.3 is 12.0 Å². The number of esters is 1. The van der Waals surface area contributed by atoms with E-state index in [-0.39, 0.29) is 37.9 Å². The molecule has 0 bridgehead atoms. The van der Waals surface area contributed by atoms with Crippen molar-refractivity contribution in [3.05, 3.63) is 215 Å². The van der Waals surface area contributed by atoms with Crippen molar-refractivity contribution >= 4 is 40.5 Å². The average Bonchev–Trinajstić information content (AvgIpc) is 3.80. The molecule has 3 saturated heterocycles. The lowest BCUT2D eigenvalue weighted by atomic mass is 9.64. The number of imide groups is 1. The minimum atomic E-state index is -2.01. The van der Waals surface area contributed by atoms with Crippen LogP contribution in [0.3, 0.4) is 0 Å². The SMILES string of the molecule is C[C@@H](NC(=O)N1C(=O)[C@@]2(c3cc(C#CCn4nnc5ccccc54)ccc31)[C@H](C(=O)N1CCN(Cc3ccc4c(c3)OCO4)CC1)[C@H]1C(=O)O[C@H](c3ccccc3)[C@H](c3ccccc3)N1[C@@H]2c1ccc(O)cc1)c1ccccc1. The summed E-state index contributed by atoms with van der Waals surface area (Å²) in [5.41, 5.74) is 4.47. The number of nitrogens with one attached hydrogen (secondary N) is 1. The number of fused-ring (bicyclic) bond motifs is 5. The Kier molecular flexibility index (Phi) is 12.6. The summed E-state index contributed by atoms with van der Waals surface area (Å²) in [5.74, 6) is 4.65. The molecule has 1 spiro atoms. The highest BCUT2D eigenvalue weighted by Gasteiger charge is 2.76. The quantitative estimate of drug-likeness (QED) is 0.105. The van der Waals surface area contributed by atoms with Gasteiger partial charge in [-0.1, -0.05) is 138 Å². The van der Waals surface area contributed by atoms with Crippen LogP contribution in [0.25, 0.3) is 11.0 Å². The van der Waals surface area contributed by atoms with Crippen LogP contribution in [-0.4, -0.2) is 97.6 Å². The van der Waals surface area contributed by atoms with Gasteiger partial charge < -0.3 is 29.5 Å². The smallest absolute Gasteiger partial charge is 0.329 e. The molecule has 13 rings (SSSR count). The van der Waals surface area contributed by atoms with E-state index in [0.29, 0.717) is 53.4 Å². The molecule has 3 fully saturated rings. The highest BCUT2D eigenvalue weighted by Crippen LogP contribution is 2.66. The van der Waals surface area contributed by atoms with E-state index in [0.717, 1.165) is 32.6 Å². The number of carbonyl (C=O) groups is 4. The molecule has 79 heavy (non-hydrogen) atoms. The normalized spacial score (nSPS) is 22.7. The average molecular weight is 1050 g/mol. The van der Waals surface area contributed by atoms with Crippen molar-refractivity contribution in [2.75, 3.05) is 37.9 Å². The molecular weight excluding hydrogens is 997 g/mol. The minimum Gasteiger partial charge on any atom is -0.508 e. The van der Waals surface area contributed by atoms with Crippen molar-refractivity contribution in [3.63, 3.8) is 0 Å². The van der Waals surface area contributed by atoms with E-state index in [2.05, 4.69) is 32.4 Å². The number of cyclic esters (lactones) is 1. The van der Waals surface area contributed by atoms with Gasteiger partial charge in [0.25, 0.3) is 0 Å². The van der Waals surface area contributed by atoms with Crippen molar-refractivity contribution < 1.29 is 38.5 Å². The summed E-state index contributed by atoms with van der Waals surface area (Å²) in [5, 5.41) is 22.7. The summed E-state index contributed by atoms with van der Waals surface area (Å²) in [4.78, 5) is 71.8. The number of rotatable bonds is 9. The second-order valence-corrected chi connectivity index (χ2v) is 20.6. The molecule has 0 unspecified atom stereocenters. The Labute approximate surface area is 455 Å². The van der Waals surface area contributed by atoms with Crippen molar-refractivity contribution in [2.45, 2.75) is 55.7 Å². The molecule has 2 N–H and O–H groups in total. The number of hydrogen-bond acceptors (Lipinski definition) is 12. The van der Waals surface area contributed by atoms with Crippen molar-refractivity contribution in [2.24, 2.45) is 5.92 Å². The molecule has 7 atom stereocenters. The number of aromatic hydroxyl groups is 1. The lowest BCUT2D eigenvalue weighted by Crippen LogP contribution is -2.59. The molecule has 1 aromatic heterocycles. The third-order valence-corrected chi connectivity index (χ3v) is 16.2. The first kappa shape index (κ1) is 49.3. The third kappa shape index (κ3) is 8.58. The number of anilines is 1. The summed E-state index contributed by atoms with van der Waals surface area (Å²) in [7, 11) is 0. The van der Waals surface area contributed by atoms with E-state index in [1.165, 1.54) is 0 Å². The van der Waals surface area contributed by atoms with E-state index in [4.69, 9.17) is 14.2 Å². The molecule has 5 aliphatic heterocycles. The molecule has 16 nitrogen and oxygen atoms in total. The number of nitrogens with zero attached hydrogens (tertiary/aromatic N) is 7. The lowest BCUT2D eigenvalue weighted by molar-refractivity contribution is -0.179. The van der Waals surface area contributed by atoms with Crippen LogP contribution in [0.2, 0.25) is 0 Å². The van der Waals surface area contributed by atoms with Gasteiger partial charge in [0.05, 0.1) is 35.2 Å². The number of phenolic OH excluding ortho intramolecular Hbond substituents is 1. The maximum Gasteiger partial charge on any atom is 0.329 e. The minimum absolute atomic E-state index is 0.0230. The van der Waals surface area contributed by atoms with Crippen LogP contribution in [0.5, 0.6) is 17.2 Å². The number of piperazine rings is 1. The molecule has 0 aliphatic carbocycles. The number of urea groups is 1. The number of para-hydroxylation sites is 1. The Morgan fingerprint density at radius 3 is 2.20 bits per heavy atom. The first-order chi connectivity index (χ1) is 38.6.